The van der Waals surface area contributed by atoms with Crippen molar-refractivity contribution in [3.63, 3.8) is 0 Å². The summed E-state index contributed by atoms with van der Waals surface area (Å²) in [5, 5.41) is 51.3. The molecule has 0 bridgehead atoms. The van der Waals surface area contributed by atoms with Gasteiger partial charge < -0.3 is 45.2 Å². The molecule has 6 atom stereocenters. The van der Waals surface area contributed by atoms with E-state index in [0.29, 0.717) is 6.42 Å². The van der Waals surface area contributed by atoms with Crippen LogP contribution < -0.4 is 5.32 Å². The van der Waals surface area contributed by atoms with Crippen LogP contribution in [0.2, 0.25) is 0 Å². The fourth-order valence-electron chi connectivity index (χ4n) is 4.42. The van der Waals surface area contributed by atoms with Crippen LogP contribution in [0.4, 0.5) is 0 Å². The number of carbonyl (C=O) groups is 1. The van der Waals surface area contributed by atoms with Crippen LogP contribution in [0.25, 0.3) is 0 Å². The number of phosphoric ester groups is 1. The zero-order chi connectivity index (χ0) is 30.6. The first-order valence-corrected chi connectivity index (χ1v) is 16.6. The molecule has 1 aliphatic heterocycles. The largest absolute Gasteiger partial charge is 0.472 e. The molecule has 0 radical (unpaired) electrons. The zero-order valence-corrected chi connectivity index (χ0v) is 25.4. The van der Waals surface area contributed by atoms with E-state index < -0.39 is 57.2 Å². The SMILES string of the molecule is CCCCCCCCCCCCCCCC(=O)O[C@H](CO)COP(=O)(O)OCCNC[C@@]1(O)OC[C@@H](O)[C@@H](O)[C@@H]1O. The number of aliphatic hydroxyl groups excluding tert-OH is 4. The molecule has 1 unspecified atom stereocenters. The van der Waals surface area contributed by atoms with Crippen molar-refractivity contribution >= 4 is 13.8 Å². The Morgan fingerprint density at radius 2 is 1.54 bits per heavy atom. The minimum Gasteiger partial charge on any atom is -0.457 e. The molecule has 41 heavy (non-hydrogen) atoms. The summed E-state index contributed by atoms with van der Waals surface area (Å²) >= 11 is 0. The standard InChI is InChI=1S/C27H54NO12P/c1-2-3-4-5-6-7-8-9-10-11-12-13-14-15-24(31)40-22(18-29)19-39-41(35,36)38-17-16-28-21-27(34)26(33)25(32)23(30)20-37-27/h22-23,25-26,28-30,32-34H,2-21H2,1H3,(H,35,36)/t22-,23-,25-,26+,27-/m1/s1. The Morgan fingerprint density at radius 3 is 2.10 bits per heavy atom. The average Bonchev–Trinajstić information content (AvgIpc) is 2.94. The molecule has 1 saturated heterocycles. The molecule has 0 amide bonds. The fourth-order valence-corrected chi connectivity index (χ4v) is 5.17. The summed E-state index contributed by atoms with van der Waals surface area (Å²) in [7, 11) is -4.53. The van der Waals surface area contributed by atoms with Crippen molar-refractivity contribution in [1.82, 2.24) is 5.32 Å². The lowest BCUT2D eigenvalue weighted by Crippen LogP contribution is -2.64. The normalized spacial score (nSPS) is 25.1. The number of esters is 1. The number of carbonyl (C=O) groups excluding carboxylic acids is 1. The third-order valence-electron chi connectivity index (χ3n) is 7.01. The highest BCUT2D eigenvalue weighted by molar-refractivity contribution is 7.47. The molecule has 0 aromatic carbocycles. The maximum Gasteiger partial charge on any atom is 0.472 e. The Balaban J connectivity index is 2.09. The molecule has 14 heteroatoms. The molecule has 1 aliphatic rings. The second-order valence-electron chi connectivity index (χ2n) is 10.7. The highest BCUT2D eigenvalue weighted by Crippen LogP contribution is 2.43. The van der Waals surface area contributed by atoms with E-state index in [1.54, 1.807) is 0 Å². The first-order valence-electron chi connectivity index (χ1n) is 15.1. The lowest BCUT2D eigenvalue weighted by molar-refractivity contribution is -0.317. The summed E-state index contributed by atoms with van der Waals surface area (Å²) in [5.74, 6) is -2.68. The predicted molar refractivity (Wildman–Crippen MR) is 151 cm³/mol. The Labute approximate surface area is 244 Å². The average molecular weight is 616 g/mol. The van der Waals surface area contributed by atoms with Crippen LogP contribution in [0.15, 0.2) is 0 Å². The van der Waals surface area contributed by atoms with E-state index >= 15 is 0 Å². The maximum atomic E-state index is 12.1. The quantitative estimate of drug-likeness (QED) is 0.0446. The summed E-state index contributed by atoms with van der Waals surface area (Å²) in [6.07, 6.45) is 9.82. The summed E-state index contributed by atoms with van der Waals surface area (Å²) in [5.41, 5.74) is 0. The van der Waals surface area contributed by atoms with Crippen molar-refractivity contribution in [2.75, 3.05) is 39.5 Å². The van der Waals surface area contributed by atoms with Crippen molar-refractivity contribution in [1.29, 1.82) is 0 Å². The van der Waals surface area contributed by atoms with Crippen LogP contribution in [0.5, 0.6) is 0 Å². The van der Waals surface area contributed by atoms with Crippen molar-refractivity contribution in [2.45, 2.75) is 127 Å². The molecule has 1 rings (SSSR count). The topological polar surface area (TPSA) is 204 Å². The summed E-state index contributed by atoms with van der Waals surface area (Å²) in [4.78, 5) is 21.9. The van der Waals surface area contributed by atoms with Gasteiger partial charge in [-0.05, 0) is 6.42 Å². The highest BCUT2D eigenvalue weighted by atomic mass is 31.2. The number of phosphoric acid groups is 1. The number of aliphatic hydroxyl groups is 5. The van der Waals surface area contributed by atoms with Crippen LogP contribution in [0, 0.1) is 0 Å². The van der Waals surface area contributed by atoms with E-state index in [1.807, 2.05) is 0 Å². The van der Waals surface area contributed by atoms with Crippen molar-refractivity contribution < 1.29 is 58.3 Å². The first-order chi connectivity index (χ1) is 19.5. The van der Waals surface area contributed by atoms with Crippen LogP contribution >= 0.6 is 7.82 Å². The van der Waals surface area contributed by atoms with E-state index in [1.165, 1.54) is 57.8 Å². The first kappa shape index (κ1) is 38.3. The molecule has 13 nitrogen and oxygen atoms in total. The summed E-state index contributed by atoms with van der Waals surface area (Å²) in [6.45, 7) is -0.0573. The maximum absolute atomic E-state index is 12.1. The van der Waals surface area contributed by atoms with Gasteiger partial charge in [0.05, 0.1) is 33.0 Å². The summed E-state index contributed by atoms with van der Waals surface area (Å²) in [6, 6.07) is 0. The highest BCUT2D eigenvalue weighted by Gasteiger charge is 2.48. The van der Waals surface area contributed by atoms with Gasteiger partial charge in [-0.2, -0.15) is 0 Å². The van der Waals surface area contributed by atoms with Gasteiger partial charge in [0, 0.05) is 13.0 Å². The van der Waals surface area contributed by atoms with Gasteiger partial charge in [0.25, 0.3) is 0 Å². The van der Waals surface area contributed by atoms with Crippen molar-refractivity contribution in [3.8, 4) is 0 Å². The van der Waals surface area contributed by atoms with Gasteiger partial charge >= 0.3 is 13.8 Å². The van der Waals surface area contributed by atoms with E-state index in [2.05, 4.69) is 12.2 Å². The Hall–Kier alpha value is -0.700. The van der Waals surface area contributed by atoms with E-state index in [4.69, 9.17) is 18.5 Å². The predicted octanol–water partition coefficient (Wildman–Crippen LogP) is 1.90. The second-order valence-corrected chi connectivity index (χ2v) is 12.2. The Morgan fingerprint density at radius 1 is 0.976 bits per heavy atom. The minimum absolute atomic E-state index is 0.0670. The van der Waals surface area contributed by atoms with Crippen LogP contribution in [0.1, 0.15) is 96.8 Å². The van der Waals surface area contributed by atoms with Crippen molar-refractivity contribution in [2.24, 2.45) is 0 Å². The number of ether oxygens (including phenoxy) is 2. The van der Waals surface area contributed by atoms with Gasteiger partial charge in [-0.1, -0.05) is 84.0 Å². The second kappa shape index (κ2) is 21.9. The molecule has 0 spiro atoms. The number of hydrogen-bond acceptors (Lipinski definition) is 12. The van der Waals surface area contributed by atoms with Gasteiger partial charge in [0.2, 0.25) is 5.79 Å². The van der Waals surface area contributed by atoms with Gasteiger partial charge in [0.15, 0.2) is 0 Å². The lowest BCUT2D eigenvalue weighted by Gasteiger charge is -2.41. The molecule has 1 fully saturated rings. The molecule has 244 valence electrons. The van der Waals surface area contributed by atoms with Crippen molar-refractivity contribution in [3.05, 3.63) is 0 Å². The molecular weight excluding hydrogens is 561 g/mol. The lowest BCUT2D eigenvalue weighted by atomic mass is 9.97. The zero-order valence-electron chi connectivity index (χ0n) is 24.5. The van der Waals surface area contributed by atoms with E-state index in [9.17, 15) is 39.8 Å². The molecule has 7 N–H and O–H groups in total. The number of rotatable bonds is 25. The smallest absolute Gasteiger partial charge is 0.457 e. The van der Waals surface area contributed by atoms with Crippen LogP contribution in [0.3, 0.4) is 0 Å². The van der Waals surface area contributed by atoms with Crippen LogP contribution in [-0.4, -0.2) is 106 Å². The number of unbranched alkanes of at least 4 members (excludes halogenated alkanes) is 12. The summed E-state index contributed by atoms with van der Waals surface area (Å²) < 4.78 is 31.8. The minimum atomic E-state index is -4.53. The molecule has 0 saturated carbocycles. The third kappa shape index (κ3) is 17.3. The number of hydrogen-bond donors (Lipinski definition) is 7. The fraction of sp³-hybridized carbons (Fsp3) is 0.963. The van der Waals surface area contributed by atoms with E-state index in [-0.39, 0.29) is 32.7 Å². The monoisotopic (exact) mass is 615 g/mol. The van der Waals surface area contributed by atoms with Crippen LogP contribution in [-0.2, 0) is 27.9 Å². The third-order valence-corrected chi connectivity index (χ3v) is 7.99. The number of nitrogens with one attached hydrogen (secondary N) is 1. The molecule has 1 heterocycles. The Kier molecular flexibility index (Phi) is 20.5. The van der Waals surface area contributed by atoms with Gasteiger partial charge in [-0.15, -0.1) is 0 Å². The Bertz CT molecular complexity index is 732. The van der Waals surface area contributed by atoms with Gasteiger partial charge in [-0.25, -0.2) is 4.57 Å². The van der Waals surface area contributed by atoms with Gasteiger partial charge in [0.1, 0.15) is 24.4 Å². The molecule has 0 aliphatic carbocycles. The van der Waals surface area contributed by atoms with Gasteiger partial charge in [-0.3, -0.25) is 13.8 Å². The molecule has 0 aromatic rings. The molecular formula is C27H54NO12P. The van der Waals surface area contributed by atoms with E-state index in [0.717, 1.165) is 19.3 Å². The molecule has 0 aromatic heterocycles.